The molecule has 0 spiro atoms. The van der Waals surface area contributed by atoms with Crippen molar-refractivity contribution in [3.05, 3.63) is 40.8 Å². The molecule has 6 heteroatoms. The van der Waals surface area contributed by atoms with Gasteiger partial charge in [0, 0.05) is 24.2 Å². The smallest absolute Gasteiger partial charge is 0.336 e. The molecule has 0 saturated heterocycles. The number of fused-ring (bicyclic) bond motifs is 1. The fourth-order valence-corrected chi connectivity index (χ4v) is 1.65. The Kier molecular flexibility index (Phi) is 4.86. The van der Waals surface area contributed by atoms with Crippen molar-refractivity contribution in [3.8, 4) is 0 Å². The van der Waals surface area contributed by atoms with E-state index in [2.05, 4.69) is 5.32 Å². The zero-order chi connectivity index (χ0) is 14.4. The first kappa shape index (κ1) is 14.2. The van der Waals surface area contributed by atoms with Crippen molar-refractivity contribution in [1.82, 2.24) is 0 Å². The van der Waals surface area contributed by atoms with E-state index in [1.807, 2.05) is 0 Å². The number of ether oxygens (including phenoxy) is 2. The standard InChI is InChI=1S/C14H15NO5/c1-18-6-7-19-9-13(16)15-11-3-4-12-10(8-11)2-5-14(17)20-12/h2-5,8H,6-7,9H2,1H3,(H,15,16). The summed E-state index contributed by atoms with van der Waals surface area (Å²) in [5, 5.41) is 3.44. The number of carbonyl (C=O) groups excluding carboxylic acids is 1. The van der Waals surface area contributed by atoms with E-state index < -0.39 is 5.63 Å². The van der Waals surface area contributed by atoms with E-state index in [1.165, 1.54) is 6.07 Å². The number of rotatable bonds is 6. The largest absolute Gasteiger partial charge is 0.423 e. The summed E-state index contributed by atoms with van der Waals surface area (Å²) in [5.41, 5.74) is 0.694. The molecule has 2 rings (SSSR count). The molecule has 0 aliphatic heterocycles. The quantitative estimate of drug-likeness (QED) is 0.637. The molecule has 1 aromatic heterocycles. The van der Waals surface area contributed by atoms with Crippen LogP contribution in [0.5, 0.6) is 0 Å². The highest BCUT2D eigenvalue weighted by Crippen LogP contribution is 2.17. The van der Waals surface area contributed by atoms with Crippen LogP contribution in [-0.2, 0) is 14.3 Å². The Hall–Kier alpha value is -2.18. The molecule has 0 aliphatic carbocycles. The van der Waals surface area contributed by atoms with Gasteiger partial charge in [0.15, 0.2) is 0 Å². The van der Waals surface area contributed by atoms with Crippen LogP contribution in [0.15, 0.2) is 39.5 Å². The molecular weight excluding hydrogens is 262 g/mol. The number of carbonyl (C=O) groups is 1. The van der Waals surface area contributed by atoms with Gasteiger partial charge in [-0.1, -0.05) is 0 Å². The van der Waals surface area contributed by atoms with E-state index in [9.17, 15) is 9.59 Å². The van der Waals surface area contributed by atoms with Gasteiger partial charge in [0.05, 0.1) is 13.2 Å². The Bertz CT molecular complexity index is 649. The molecule has 0 radical (unpaired) electrons. The van der Waals surface area contributed by atoms with E-state index >= 15 is 0 Å². The predicted octanol–water partition coefficient (Wildman–Crippen LogP) is 1.39. The van der Waals surface area contributed by atoms with Crippen molar-refractivity contribution in [3.63, 3.8) is 0 Å². The molecular formula is C14H15NO5. The van der Waals surface area contributed by atoms with Gasteiger partial charge in [-0.3, -0.25) is 4.79 Å². The molecule has 1 heterocycles. The summed E-state index contributed by atoms with van der Waals surface area (Å²) in [7, 11) is 1.57. The SMILES string of the molecule is COCCOCC(=O)Nc1ccc2oc(=O)ccc2c1. The number of anilines is 1. The predicted molar refractivity (Wildman–Crippen MR) is 73.8 cm³/mol. The van der Waals surface area contributed by atoms with Crippen LogP contribution in [0.3, 0.4) is 0 Å². The van der Waals surface area contributed by atoms with Gasteiger partial charge in [0.25, 0.3) is 0 Å². The van der Waals surface area contributed by atoms with Crippen LogP contribution in [0.25, 0.3) is 11.0 Å². The van der Waals surface area contributed by atoms with E-state index in [0.717, 1.165) is 5.39 Å². The van der Waals surface area contributed by atoms with Crippen molar-refractivity contribution in [1.29, 1.82) is 0 Å². The van der Waals surface area contributed by atoms with E-state index in [-0.39, 0.29) is 12.5 Å². The maximum atomic E-state index is 11.6. The Morgan fingerprint density at radius 3 is 2.90 bits per heavy atom. The molecule has 20 heavy (non-hydrogen) atoms. The topological polar surface area (TPSA) is 77.8 Å². The second-order valence-corrected chi connectivity index (χ2v) is 4.10. The summed E-state index contributed by atoms with van der Waals surface area (Å²) in [6, 6.07) is 8.01. The first-order valence-electron chi connectivity index (χ1n) is 6.09. The molecule has 1 amide bonds. The first-order chi connectivity index (χ1) is 9.69. The lowest BCUT2D eigenvalue weighted by molar-refractivity contribution is -0.121. The van der Waals surface area contributed by atoms with Gasteiger partial charge in [0.2, 0.25) is 5.91 Å². The van der Waals surface area contributed by atoms with Gasteiger partial charge >= 0.3 is 5.63 Å². The van der Waals surface area contributed by atoms with Crippen molar-refractivity contribution >= 4 is 22.6 Å². The van der Waals surface area contributed by atoms with E-state index in [4.69, 9.17) is 13.9 Å². The molecule has 0 unspecified atom stereocenters. The van der Waals surface area contributed by atoms with Crippen molar-refractivity contribution in [2.75, 3.05) is 32.2 Å². The van der Waals surface area contributed by atoms with Crippen molar-refractivity contribution < 1.29 is 18.7 Å². The lowest BCUT2D eigenvalue weighted by Crippen LogP contribution is -2.19. The Morgan fingerprint density at radius 1 is 1.25 bits per heavy atom. The molecule has 0 aliphatic rings. The highest BCUT2D eigenvalue weighted by molar-refractivity contribution is 5.94. The summed E-state index contributed by atoms with van der Waals surface area (Å²) < 4.78 is 14.9. The minimum Gasteiger partial charge on any atom is -0.423 e. The van der Waals surface area contributed by atoms with Gasteiger partial charge < -0.3 is 19.2 Å². The lowest BCUT2D eigenvalue weighted by atomic mass is 10.2. The van der Waals surface area contributed by atoms with Crippen molar-refractivity contribution in [2.45, 2.75) is 0 Å². The molecule has 106 valence electrons. The second kappa shape index (κ2) is 6.83. The van der Waals surface area contributed by atoms with Gasteiger partial charge in [0.1, 0.15) is 12.2 Å². The summed E-state index contributed by atoms with van der Waals surface area (Å²) in [6.07, 6.45) is 0. The summed E-state index contributed by atoms with van der Waals surface area (Å²) in [4.78, 5) is 22.7. The third kappa shape index (κ3) is 3.91. The zero-order valence-electron chi connectivity index (χ0n) is 11.0. The zero-order valence-corrected chi connectivity index (χ0v) is 11.0. The van der Waals surface area contributed by atoms with Gasteiger partial charge in [-0.2, -0.15) is 0 Å². The minimum atomic E-state index is -0.402. The van der Waals surface area contributed by atoms with Crippen LogP contribution in [0.4, 0.5) is 5.69 Å². The Morgan fingerprint density at radius 2 is 2.10 bits per heavy atom. The van der Waals surface area contributed by atoms with Gasteiger partial charge in [-0.05, 0) is 24.3 Å². The monoisotopic (exact) mass is 277 g/mol. The molecule has 2 aromatic rings. The summed E-state index contributed by atoms with van der Waals surface area (Å²) >= 11 is 0. The number of amides is 1. The fraction of sp³-hybridized carbons (Fsp3) is 0.286. The number of methoxy groups -OCH3 is 1. The highest BCUT2D eigenvalue weighted by atomic mass is 16.5. The van der Waals surface area contributed by atoms with Crippen LogP contribution in [0.1, 0.15) is 0 Å². The van der Waals surface area contributed by atoms with Crippen LogP contribution >= 0.6 is 0 Å². The molecule has 0 fully saturated rings. The fourth-order valence-electron chi connectivity index (χ4n) is 1.65. The third-order valence-corrected chi connectivity index (χ3v) is 2.57. The van der Waals surface area contributed by atoms with Crippen molar-refractivity contribution in [2.24, 2.45) is 0 Å². The summed E-state index contributed by atoms with van der Waals surface area (Å²) in [6.45, 7) is 0.778. The Balaban J connectivity index is 1.97. The van der Waals surface area contributed by atoms with Crippen LogP contribution in [0, 0.1) is 0 Å². The van der Waals surface area contributed by atoms with Gasteiger partial charge in [-0.25, -0.2) is 4.79 Å². The average Bonchev–Trinajstić information content (AvgIpc) is 2.44. The molecule has 1 aromatic carbocycles. The number of benzene rings is 1. The van der Waals surface area contributed by atoms with Crippen LogP contribution in [-0.4, -0.2) is 32.8 Å². The van der Waals surface area contributed by atoms with Gasteiger partial charge in [-0.15, -0.1) is 0 Å². The van der Waals surface area contributed by atoms with Crippen LogP contribution in [0.2, 0.25) is 0 Å². The van der Waals surface area contributed by atoms with E-state index in [1.54, 1.807) is 31.4 Å². The molecule has 6 nitrogen and oxygen atoms in total. The lowest BCUT2D eigenvalue weighted by Gasteiger charge is -2.06. The normalized spacial score (nSPS) is 10.7. The highest BCUT2D eigenvalue weighted by Gasteiger charge is 2.04. The maximum Gasteiger partial charge on any atom is 0.336 e. The molecule has 0 atom stereocenters. The molecule has 0 bridgehead atoms. The molecule has 0 saturated carbocycles. The average molecular weight is 277 g/mol. The first-order valence-corrected chi connectivity index (χ1v) is 6.09. The number of nitrogens with one attached hydrogen (secondary N) is 1. The van der Waals surface area contributed by atoms with E-state index in [0.29, 0.717) is 24.5 Å². The summed E-state index contributed by atoms with van der Waals surface area (Å²) in [5.74, 6) is -0.252. The second-order valence-electron chi connectivity index (χ2n) is 4.10. The number of hydrogen-bond donors (Lipinski definition) is 1. The molecule has 1 N–H and O–H groups in total. The minimum absolute atomic E-state index is 0.0364. The Labute approximate surface area is 115 Å². The maximum absolute atomic E-state index is 11.6. The van der Waals surface area contributed by atoms with Crippen LogP contribution < -0.4 is 10.9 Å². The third-order valence-electron chi connectivity index (χ3n) is 2.57. The number of hydrogen-bond acceptors (Lipinski definition) is 5.